The van der Waals surface area contributed by atoms with Crippen LogP contribution in [0, 0.1) is 0 Å². The number of halogens is 2. The van der Waals surface area contributed by atoms with E-state index in [1.807, 2.05) is 23.6 Å². The summed E-state index contributed by atoms with van der Waals surface area (Å²) in [6.07, 6.45) is 1.74. The second-order valence-electron chi connectivity index (χ2n) is 6.21. The molecule has 0 unspecified atom stereocenters. The van der Waals surface area contributed by atoms with Gasteiger partial charge in [-0.25, -0.2) is 4.98 Å². The van der Waals surface area contributed by atoms with E-state index in [0.717, 1.165) is 15.1 Å². The van der Waals surface area contributed by atoms with Crippen LogP contribution in [0.25, 0.3) is 20.9 Å². The van der Waals surface area contributed by atoms with Crippen LogP contribution in [-0.4, -0.2) is 31.4 Å². The fourth-order valence-electron chi connectivity index (χ4n) is 2.87. The molecule has 7 nitrogen and oxygen atoms in total. The summed E-state index contributed by atoms with van der Waals surface area (Å²) in [6.45, 7) is 2.63. The van der Waals surface area contributed by atoms with E-state index in [9.17, 15) is 4.79 Å². The number of thioether (sulfide) groups is 1. The predicted octanol–water partition coefficient (Wildman–Crippen LogP) is 5.19. The quantitative estimate of drug-likeness (QED) is 0.369. The molecule has 30 heavy (non-hydrogen) atoms. The molecule has 154 valence electrons. The number of amides is 1. The van der Waals surface area contributed by atoms with Crippen molar-refractivity contribution in [2.45, 2.75) is 18.6 Å². The van der Waals surface area contributed by atoms with E-state index in [1.165, 1.54) is 23.1 Å². The highest BCUT2D eigenvalue weighted by molar-refractivity contribution is 7.99. The number of hydrogen-bond donors (Lipinski definition) is 2. The Balaban J connectivity index is 1.52. The first-order chi connectivity index (χ1) is 14.5. The summed E-state index contributed by atoms with van der Waals surface area (Å²) in [5, 5.41) is 13.8. The smallest absolute Gasteiger partial charge is 0.234 e. The molecule has 4 rings (SSSR count). The van der Waals surface area contributed by atoms with Gasteiger partial charge >= 0.3 is 0 Å². The topological polar surface area (TPSA) is 98.7 Å². The number of nitrogens with zero attached hydrogens (tertiary/aromatic N) is 4. The van der Waals surface area contributed by atoms with E-state index in [1.54, 1.807) is 24.4 Å². The maximum atomic E-state index is 12.4. The third kappa shape index (κ3) is 4.11. The van der Waals surface area contributed by atoms with E-state index >= 15 is 0 Å². The summed E-state index contributed by atoms with van der Waals surface area (Å²) in [6, 6.07) is 8.70. The lowest BCUT2D eigenvalue weighted by Crippen LogP contribution is -2.15. The summed E-state index contributed by atoms with van der Waals surface area (Å²) in [7, 11) is 0. The Kier molecular flexibility index (Phi) is 6.14. The minimum atomic E-state index is -0.206. The maximum Gasteiger partial charge on any atom is 0.234 e. The first-order valence-corrected chi connectivity index (χ1v) is 11.5. The third-order valence-corrected chi connectivity index (χ3v) is 6.92. The summed E-state index contributed by atoms with van der Waals surface area (Å²) >= 11 is 14.8. The highest BCUT2D eigenvalue weighted by Crippen LogP contribution is 2.39. The first-order valence-electron chi connectivity index (χ1n) is 8.92. The minimum Gasteiger partial charge on any atom is -0.397 e. The molecule has 3 N–H and O–H groups in total. The number of benzene rings is 1. The van der Waals surface area contributed by atoms with Crippen molar-refractivity contribution in [3.05, 3.63) is 46.6 Å². The van der Waals surface area contributed by atoms with Crippen LogP contribution in [0.2, 0.25) is 10.0 Å². The van der Waals surface area contributed by atoms with Crippen LogP contribution < -0.4 is 11.1 Å². The fraction of sp³-hybridized carbons (Fsp3) is 0.158. The van der Waals surface area contributed by atoms with Crippen LogP contribution in [-0.2, 0) is 11.3 Å². The average Bonchev–Trinajstić information content (AvgIpc) is 3.29. The molecule has 0 saturated heterocycles. The maximum absolute atomic E-state index is 12.4. The number of carbonyl (C=O) groups is 1. The van der Waals surface area contributed by atoms with Crippen molar-refractivity contribution in [2.75, 3.05) is 16.8 Å². The second-order valence-corrected chi connectivity index (χ2v) is 9.00. The summed E-state index contributed by atoms with van der Waals surface area (Å²) < 4.78 is 1.94. The Morgan fingerprint density at radius 1 is 1.30 bits per heavy atom. The van der Waals surface area contributed by atoms with Gasteiger partial charge in [0.1, 0.15) is 4.83 Å². The predicted molar refractivity (Wildman–Crippen MR) is 125 cm³/mol. The molecular formula is C19H16Cl2N6OS2. The highest BCUT2D eigenvalue weighted by atomic mass is 35.5. The molecule has 11 heteroatoms. The fourth-order valence-corrected chi connectivity index (χ4v) is 5.19. The first kappa shape index (κ1) is 20.9. The largest absolute Gasteiger partial charge is 0.397 e. The molecule has 0 aliphatic carbocycles. The molecule has 3 heterocycles. The van der Waals surface area contributed by atoms with Crippen molar-refractivity contribution < 1.29 is 4.79 Å². The number of nitrogens with two attached hydrogens (primary N) is 1. The van der Waals surface area contributed by atoms with Crippen LogP contribution >= 0.6 is 46.3 Å². The van der Waals surface area contributed by atoms with Crippen molar-refractivity contribution in [1.29, 1.82) is 0 Å². The van der Waals surface area contributed by atoms with Gasteiger partial charge in [0.05, 0.1) is 27.0 Å². The van der Waals surface area contributed by atoms with Crippen molar-refractivity contribution >= 4 is 73.8 Å². The Hall–Kier alpha value is -2.33. The second kappa shape index (κ2) is 8.81. The van der Waals surface area contributed by atoms with Gasteiger partial charge in [-0.05, 0) is 37.3 Å². The van der Waals surface area contributed by atoms with Gasteiger partial charge in [-0.2, -0.15) is 0 Å². The van der Waals surface area contributed by atoms with Crippen molar-refractivity contribution in [3.63, 3.8) is 0 Å². The molecule has 0 saturated carbocycles. The highest BCUT2D eigenvalue weighted by Gasteiger charge is 2.20. The van der Waals surface area contributed by atoms with E-state index < -0.39 is 0 Å². The summed E-state index contributed by atoms with van der Waals surface area (Å²) in [5.74, 6) is 0.615. The number of carbonyl (C=O) groups excluding carboxylic acids is 1. The van der Waals surface area contributed by atoms with Crippen LogP contribution in [0.1, 0.15) is 6.92 Å². The number of pyridine rings is 1. The molecule has 0 aliphatic rings. The molecule has 3 aromatic heterocycles. The third-order valence-electron chi connectivity index (χ3n) is 4.28. The number of thiophene rings is 1. The zero-order valence-electron chi connectivity index (χ0n) is 15.7. The molecular weight excluding hydrogens is 463 g/mol. The van der Waals surface area contributed by atoms with Gasteiger partial charge in [0.2, 0.25) is 5.91 Å². The Bertz CT molecular complexity index is 1240. The van der Waals surface area contributed by atoms with Gasteiger partial charge in [0.15, 0.2) is 11.0 Å². The van der Waals surface area contributed by atoms with Gasteiger partial charge in [-0.15, -0.1) is 21.5 Å². The van der Waals surface area contributed by atoms with Gasteiger partial charge in [0, 0.05) is 23.2 Å². The van der Waals surface area contributed by atoms with Crippen LogP contribution in [0.3, 0.4) is 0 Å². The minimum absolute atomic E-state index is 0.153. The molecule has 0 spiro atoms. The van der Waals surface area contributed by atoms with E-state index in [4.69, 9.17) is 28.9 Å². The number of aromatic nitrogens is 4. The standard InChI is InChI=1S/C19H16Cl2N6OS2/c1-2-27-17(16-15(22)11-4-3-7-23-18(11)30-16)25-26-19(27)29-9-14(28)24-13-6-5-10(20)8-12(13)21/h3-8H,2,9,22H2,1H3,(H,24,28). The van der Waals surface area contributed by atoms with Gasteiger partial charge in [0.25, 0.3) is 0 Å². The number of fused-ring (bicyclic) bond motifs is 1. The monoisotopic (exact) mass is 478 g/mol. The Morgan fingerprint density at radius 3 is 2.87 bits per heavy atom. The lowest BCUT2D eigenvalue weighted by Gasteiger charge is -2.08. The molecule has 0 radical (unpaired) electrons. The summed E-state index contributed by atoms with van der Waals surface area (Å²) in [5.41, 5.74) is 7.48. The van der Waals surface area contributed by atoms with Crippen LogP contribution in [0.15, 0.2) is 41.7 Å². The SMILES string of the molecule is CCn1c(SCC(=O)Nc2ccc(Cl)cc2Cl)nnc1-c1sc2ncccc2c1N. The molecule has 0 bridgehead atoms. The molecule has 0 atom stereocenters. The van der Waals surface area contributed by atoms with Crippen LogP contribution in [0.4, 0.5) is 11.4 Å². The van der Waals surface area contributed by atoms with E-state index in [0.29, 0.717) is 38.9 Å². The Labute approximate surface area is 190 Å². The van der Waals surface area contributed by atoms with E-state index in [2.05, 4.69) is 20.5 Å². The van der Waals surface area contributed by atoms with Crippen molar-refractivity contribution in [1.82, 2.24) is 19.7 Å². The normalized spacial score (nSPS) is 11.2. The molecule has 1 aromatic carbocycles. The lowest BCUT2D eigenvalue weighted by atomic mass is 10.2. The van der Waals surface area contributed by atoms with Crippen molar-refractivity contribution in [2.24, 2.45) is 0 Å². The summed E-state index contributed by atoms with van der Waals surface area (Å²) in [4.78, 5) is 18.4. The Morgan fingerprint density at radius 2 is 2.13 bits per heavy atom. The number of nitrogen functional groups attached to an aromatic ring is 1. The number of hydrogen-bond acceptors (Lipinski definition) is 7. The number of nitrogens with one attached hydrogen (secondary N) is 1. The molecule has 4 aromatic rings. The molecule has 1 amide bonds. The van der Waals surface area contributed by atoms with E-state index in [-0.39, 0.29) is 11.7 Å². The average molecular weight is 479 g/mol. The van der Waals surface area contributed by atoms with Gasteiger partial charge in [-0.1, -0.05) is 35.0 Å². The lowest BCUT2D eigenvalue weighted by molar-refractivity contribution is -0.113. The van der Waals surface area contributed by atoms with Gasteiger partial charge in [-0.3, -0.25) is 4.79 Å². The van der Waals surface area contributed by atoms with Gasteiger partial charge < -0.3 is 15.6 Å². The van der Waals surface area contributed by atoms with Crippen LogP contribution in [0.5, 0.6) is 0 Å². The molecule has 0 aliphatic heterocycles. The zero-order valence-corrected chi connectivity index (χ0v) is 18.9. The molecule has 0 fully saturated rings. The number of rotatable bonds is 6. The zero-order chi connectivity index (χ0) is 21.3. The van der Waals surface area contributed by atoms with Crippen molar-refractivity contribution in [3.8, 4) is 10.7 Å². The number of anilines is 2.